The molecule has 1 N–H and O–H groups in total. The number of carbonyl (C=O) groups excluding carboxylic acids is 1. The fraction of sp³-hybridized carbons (Fsp3) is 0.158. The molecular formula is C19H17N5O3. The second kappa shape index (κ2) is 6.91. The Kier molecular flexibility index (Phi) is 4.29. The van der Waals surface area contributed by atoms with Crippen LogP contribution in [0.2, 0.25) is 0 Å². The third-order valence-corrected chi connectivity index (χ3v) is 4.18. The lowest BCUT2D eigenvalue weighted by Crippen LogP contribution is -2.23. The topological polar surface area (TPSA) is 95.1 Å². The summed E-state index contributed by atoms with van der Waals surface area (Å²) in [5, 5.41) is 8.07. The van der Waals surface area contributed by atoms with E-state index in [0.717, 1.165) is 11.1 Å². The predicted octanol–water partition coefficient (Wildman–Crippen LogP) is 2.56. The summed E-state index contributed by atoms with van der Waals surface area (Å²) in [6, 6.07) is 9.07. The summed E-state index contributed by atoms with van der Waals surface area (Å²) in [5.41, 5.74) is 2.76. The monoisotopic (exact) mass is 363 g/mol. The second-order valence-electron chi connectivity index (χ2n) is 5.91. The zero-order chi connectivity index (χ0) is 18.8. The molecule has 0 aliphatic rings. The number of hydrogen-bond acceptors (Lipinski definition) is 6. The molecule has 0 atom stereocenters. The van der Waals surface area contributed by atoms with Gasteiger partial charge < -0.3 is 14.5 Å². The molecule has 8 nitrogen and oxygen atoms in total. The third kappa shape index (κ3) is 3.24. The molecule has 0 aliphatic heterocycles. The zero-order valence-electron chi connectivity index (χ0n) is 14.8. The van der Waals surface area contributed by atoms with Gasteiger partial charge in [0.25, 0.3) is 5.91 Å². The van der Waals surface area contributed by atoms with Crippen LogP contribution >= 0.6 is 0 Å². The number of hydrogen-bond donors (Lipinski definition) is 1. The number of nitrogens with one attached hydrogen (secondary N) is 1. The van der Waals surface area contributed by atoms with Gasteiger partial charge in [0.1, 0.15) is 11.4 Å². The van der Waals surface area contributed by atoms with E-state index in [0.29, 0.717) is 29.3 Å². The number of carbonyl (C=O) groups is 1. The molecule has 0 radical (unpaired) electrons. The Morgan fingerprint density at radius 3 is 2.93 bits per heavy atom. The molecule has 4 aromatic rings. The van der Waals surface area contributed by atoms with E-state index >= 15 is 0 Å². The summed E-state index contributed by atoms with van der Waals surface area (Å²) >= 11 is 0. The lowest BCUT2D eigenvalue weighted by Gasteiger charge is -2.03. The van der Waals surface area contributed by atoms with Gasteiger partial charge in [-0.25, -0.2) is 0 Å². The van der Waals surface area contributed by atoms with Crippen LogP contribution < -0.4 is 10.1 Å². The highest BCUT2D eigenvalue weighted by molar-refractivity contribution is 5.97. The van der Waals surface area contributed by atoms with Gasteiger partial charge in [-0.15, -0.1) is 0 Å². The number of aromatic nitrogens is 4. The van der Waals surface area contributed by atoms with Crippen molar-refractivity contribution in [2.24, 2.45) is 7.05 Å². The van der Waals surface area contributed by atoms with Gasteiger partial charge in [-0.1, -0.05) is 12.1 Å². The Bertz CT molecular complexity index is 1100. The van der Waals surface area contributed by atoms with Crippen molar-refractivity contribution < 1.29 is 13.9 Å². The minimum atomic E-state index is -0.310. The molecule has 3 heterocycles. The number of nitrogens with zero attached hydrogens (tertiary/aromatic N) is 4. The van der Waals surface area contributed by atoms with Gasteiger partial charge in [-0.05, 0) is 18.2 Å². The van der Waals surface area contributed by atoms with Crippen molar-refractivity contribution in [1.82, 2.24) is 25.1 Å². The van der Waals surface area contributed by atoms with E-state index in [1.165, 1.54) is 0 Å². The van der Waals surface area contributed by atoms with Crippen LogP contribution in [0.5, 0.6) is 5.75 Å². The molecule has 0 spiro atoms. The largest absolute Gasteiger partial charge is 0.493 e. The summed E-state index contributed by atoms with van der Waals surface area (Å²) in [6.45, 7) is 0.302. The smallest absolute Gasteiger partial charge is 0.287 e. The van der Waals surface area contributed by atoms with E-state index < -0.39 is 0 Å². The van der Waals surface area contributed by atoms with E-state index in [1.54, 1.807) is 42.5 Å². The molecule has 3 aromatic heterocycles. The van der Waals surface area contributed by atoms with Gasteiger partial charge in [0.15, 0.2) is 17.1 Å². The molecular weight excluding hydrogens is 346 g/mol. The molecule has 0 aliphatic carbocycles. The molecule has 0 fully saturated rings. The van der Waals surface area contributed by atoms with Gasteiger partial charge in [-0.2, -0.15) is 5.10 Å². The highest BCUT2D eigenvalue weighted by atomic mass is 16.5. The number of rotatable bonds is 5. The van der Waals surface area contributed by atoms with Crippen molar-refractivity contribution >= 4 is 16.9 Å². The third-order valence-electron chi connectivity index (χ3n) is 4.18. The van der Waals surface area contributed by atoms with E-state index in [4.69, 9.17) is 9.15 Å². The Morgan fingerprint density at radius 1 is 1.26 bits per heavy atom. The molecule has 27 heavy (non-hydrogen) atoms. The van der Waals surface area contributed by atoms with Gasteiger partial charge in [0.2, 0.25) is 0 Å². The Balaban J connectivity index is 1.51. The van der Waals surface area contributed by atoms with E-state index in [2.05, 4.69) is 20.4 Å². The Hall–Kier alpha value is -3.68. The zero-order valence-corrected chi connectivity index (χ0v) is 14.8. The number of furan rings is 1. The fourth-order valence-corrected chi connectivity index (χ4v) is 2.79. The minimum absolute atomic E-state index is 0.228. The fourth-order valence-electron chi connectivity index (χ4n) is 2.79. The van der Waals surface area contributed by atoms with Crippen molar-refractivity contribution in [3.8, 4) is 17.1 Å². The quantitative estimate of drug-likeness (QED) is 0.585. The average molecular weight is 363 g/mol. The summed E-state index contributed by atoms with van der Waals surface area (Å²) in [6.07, 6.45) is 4.86. The molecule has 4 rings (SSSR count). The van der Waals surface area contributed by atoms with Crippen molar-refractivity contribution in [3.63, 3.8) is 0 Å². The number of para-hydroxylation sites is 1. The number of benzene rings is 1. The molecule has 0 unspecified atom stereocenters. The van der Waals surface area contributed by atoms with Crippen LogP contribution in [0.1, 0.15) is 16.2 Å². The molecule has 136 valence electrons. The first kappa shape index (κ1) is 16.8. The first-order valence-corrected chi connectivity index (χ1v) is 8.30. The Labute approximate surface area is 154 Å². The van der Waals surface area contributed by atoms with Gasteiger partial charge in [0.05, 0.1) is 25.5 Å². The van der Waals surface area contributed by atoms with Crippen LogP contribution in [0, 0.1) is 0 Å². The number of amides is 1. The maximum atomic E-state index is 12.5. The van der Waals surface area contributed by atoms with E-state index in [-0.39, 0.29) is 11.7 Å². The highest BCUT2D eigenvalue weighted by Gasteiger charge is 2.16. The Morgan fingerprint density at radius 2 is 2.15 bits per heavy atom. The molecule has 0 saturated carbocycles. The van der Waals surface area contributed by atoms with Gasteiger partial charge >= 0.3 is 0 Å². The van der Waals surface area contributed by atoms with Crippen molar-refractivity contribution in [2.75, 3.05) is 7.11 Å². The van der Waals surface area contributed by atoms with Crippen LogP contribution in [0.25, 0.3) is 22.4 Å². The maximum Gasteiger partial charge on any atom is 0.287 e. The van der Waals surface area contributed by atoms with Crippen molar-refractivity contribution in [3.05, 3.63) is 60.4 Å². The maximum absolute atomic E-state index is 12.5. The van der Waals surface area contributed by atoms with E-state index in [9.17, 15) is 4.79 Å². The highest BCUT2D eigenvalue weighted by Crippen LogP contribution is 2.28. The number of aryl methyl sites for hydroxylation is 1. The molecule has 1 aromatic carbocycles. The molecule has 0 saturated heterocycles. The molecule has 1 amide bonds. The van der Waals surface area contributed by atoms with Crippen LogP contribution in [-0.4, -0.2) is 32.8 Å². The summed E-state index contributed by atoms with van der Waals surface area (Å²) in [4.78, 5) is 20.8. The van der Waals surface area contributed by atoms with Crippen LogP contribution in [0.3, 0.4) is 0 Å². The average Bonchev–Trinajstić information content (AvgIpc) is 3.30. The summed E-state index contributed by atoms with van der Waals surface area (Å²) in [7, 11) is 3.38. The standard InChI is InChI=1S/C19H17N5O3/c1-24-13(9-14(23-24)15-11-20-6-7-21-15)10-22-19(25)17-8-12-4-3-5-16(26-2)18(12)27-17/h3-9,11H,10H2,1-2H3,(H,22,25). The number of methoxy groups -OCH3 is 1. The summed E-state index contributed by atoms with van der Waals surface area (Å²) < 4.78 is 12.6. The summed E-state index contributed by atoms with van der Waals surface area (Å²) in [5.74, 6) is 0.508. The second-order valence-corrected chi connectivity index (χ2v) is 5.91. The van der Waals surface area contributed by atoms with E-state index in [1.807, 2.05) is 25.2 Å². The number of fused-ring (bicyclic) bond motifs is 1. The first-order chi connectivity index (χ1) is 13.2. The van der Waals surface area contributed by atoms with Crippen LogP contribution in [0.4, 0.5) is 0 Å². The SMILES string of the molecule is COc1cccc2cc(C(=O)NCc3cc(-c4cnccn4)nn3C)oc12. The predicted molar refractivity (Wildman–Crippen MR) is 98.2 cm³/mol. The lowest BCUT2D eigenvalue weighted by atomic mass is 10.2. The van der Waals surface area contributed by atoms with Gasteiger partial charge in [-0.3, -0.25) is 19.4 Å². The minimum Gasteiger partial charge on any atom is -0.493 e. The van der Waals surface area contributed by atoms with Crippen LogP contribution in [0.15, 0.2) is 53.3 Å². The van der Waals surface area contributed by atoms with Gasteiger partial charge in [0, 0.05) is 24.8 Å². The normalized spacial score (nSPS) is 10.9. The molecule has 0 bridgehead atoms. The molecule has 8 heteroatoms. The lowest BCUT2D eigenvalue weighted by molar-refractivity contribution is 0.0924. The van der Waals surface area contributed by atoms with Crippen molar-refractivity contribution in [1.29, 1.82) is 0 Å². The number of ether oxygens (including phenoxy) is 1. The first-order valence-electron chi connectivity index (χ1n) is 8.30. The van der Waals surface area contributed by atoms with Crippen molar-refractivity contribution in [2.45, 2.75) is 6.54 Å². The van der Waals surface area contributed by atoms with Crippen LogP contribution in [-0.2, 0) is 13.6 Å².